The average molecular weight is 266 g/mol. The summed E-state index contributed by atoms with van der Waals surface area (Å²) in [5.74, 6) is 1.68. The number of rotatable bonds is 4. The van der Waals surface area contributed by atoms with Crippen LogP contribution < -0.4 is 10.1 Å². The zero-order chi connectivity index (χ0) is 13.8. The first-order valence-electron chi connectivity index (χ1n) is 6.28. The summed E-state index contributed by atoms with van der Waals surface area (Å²) in [4.78, 5) is 12.5. The van der Waals surface area contributed by atoms with Gasteiger partial charge in [0.1, 0.15) is 17.9 Å². The number of anilines is 1. The van der Waals surface area contributed by atoms with E-state index in [1.165, 1.54) is 0 Å². The van der Waals surface area contributed by atoms with Gasteiger partial charge in [0.05, 0.1) is 19.3 Å². The molecule has 5 nitrogen and oxygen atoms in total. The lowest BCUT2D eigenvalue weighted by Gasteiger charge is -2.09. The number of aromatic nitrogens is 3. The van der Waals surface area contributed by atoms with Gasteiger partial charge in [-0.1, -0.05) is 0 Å². The molecule has 0 saturated carbocycles. The molecule has 0 saturated heterocycles. The Hall–Kier alpha value is -2.69. The molecular weight excluding hydrogens is 252 g/mol. The van der Waals surface area contributed by atoms with Crippen LogP contribution in [-0.2, 0) is 6.54 Å². The molecule has 0 aliphatic heterocycles. The number of hydrogen-bond donors (Lipinski definition) is 1. The molecule has 2 aromatic heterocycles. The first-order chi connectivity index (χ1) is 9.86. The van der Waals surface area contributed by atoms with Gasteiger partial charge in [-0.3, -0.25) is 0 Å². The van der Waals surface area contributed by atoms with Crippen LogP contribution in [0.2, 0.25) is 0 Å². The molecule has 0 amide bonds. The first-order valence-corrected chi connectivity index (χ1v) is 6.28. The van der Waals surface area contributed by atoms with Gasteiger partial charge in [0.2, 0.25) is 0 Å². The van der Waals surface area contributed by atoms with Gasteiger partial charge in [0, 0.05) is 17.8 Å². The summed E-state index contributed by atoms with van der Waals surface area (Å²) in [7, 11) is 1.66. The van der Waals surface area contributed by atoms with Crippen LogP contribution in [-0.4, -0.2) is 22.1 Å². The minimum Gasteiger partial charge on any atom is -0.497 e. The maximum Gasteiger partial charge on any atom is 0.134 e. The van der Waals surface area contributed by atoms with E-state index in [1.54, 1.807) is 25.8 Å². The average Bonchev–Trinajstić information content (AvgIpc) is 2.53. The van der Waals surface area contributed by atoms with Gasteiger partial charge < -0.3 is 10.1 Å². The standard InChI is InChI=1S/C15H14N4O/c1-20-13-2-3-14-11(8-13)4-7-17-15(14)18-9-12-5-6-16-10-19-12/h2-8,10H,9H2,1H3,(H,17,18). The molecule has 5 heteroatoms. The Kier molecular flexibility index (Phi) is 3.41. The van der Waals surface area contributed by atoms with Crippen molar-refractivity contribution in [2.45, 2.75) is 6.54 Å². The Morgan fingerprint density at radius 2 is 2.05 bits per heavy atom. The number of nitrogens with one attached hydrogen (secondary N) is 1. The molecule has 0 fully saturated rings. The lowest BCUT2D eigenvalue weighted by atomic mass is 10.1. The van der Waals surface area contributed by atoms with Gasteiger partial charge in [0.25, 0.3) is 0 Å². The van der Waals surface area contributed by atoms with Gasteiger partial charge in [-0.05, 0) is 35.7 Å². The van der Waals surface area contributed by atoms with Crippen molar-refractivity contribution in [3.63, 3.8) is 0 Å². The zero-order valence-electron chi connectivity index (χ0n) is 11.1. The van der Waals surface area contributed by atoms with Gasteiger partial charge in [0.15, 0.2) is 0 Å². The molecule has 20 heavy (non-hydrogen) atoms. The van der Waals surface area contributed by atoms with Crippen molar-refractivity contribution in [3.8, 4) is 5.75 Å². The Morgan fingerprint density at radius 1 is 1.10 bits per heavy atom. The van der Waals surface area contributed by atoms with E-state index < -0.39 is 0 Å². The Balaban J connectivity index is 1.88. The van der Waals surface area contributed by atoms with Crippen LogP contribution in [0.1, 0.15) is 5.69 Å². The number of benzene rings is 1. The fraction of sp³-hybridized carbons (Fsp3) is 0.133. The van der Waals surface area contributed by atoms with E-state index in [1.807, 2.05) is 30.3 Å². The molecule has 1 aromatic carbocycles. The molecule has 1 N–H and O–H groups in total. The maximum atomic E-state index is 5.23. The first kappa shape index (κ1) is 12.3. The molecule has 3 aromatic rings. The number of hydrogen-bond acceptors (Lipinski definition) is 5. The normalized spacial score (nSPS) is 10.4. The molecule has 0 unspecified atom stereocenters. The second-order valence-electron chi connectivity index (χ2n) is 4.30. The SMILES string of the molecule is COc1ccc2c(NCc3ccncn3)nccc2c1. The summed E-state index contributed by atoms with van der Waals surface area (Å²) in [5.41, 5.74) is 0.923. The molecule has 0 radical (unpaired) electrons. The summed E-state index contributed by atoms with van der Waals surface area (Å²) in [6.45, 7) is 0.612. The van der Waals surface area contributed by atoms with Crippen LogP contribution >= 0.6 is 0 Å². The lowest BCUT2D eigenvalue weighted by molar-refractivity contribution is 0.415. The van der Waals surface area contributed by atoms with Crippen LogP contribution in [0, 0.1) is 0 Å². The highest BCUT2D eigenvalue weighted by atomic mass is 16.5. The molecule has 0 atom stereocenters. The van der Waals surface area contributed by atoms with Crippen LogP contribution in [0.25, 0.3) is 10.8 Å². The Bertz CT molecular complexity index is 715. The smallest absolute Gasteiger partial charge is 0.134 e. The highest BCUT2D eigenvalue weighted by molar-refractivity contribution is 5.92. The van der Waals surface area contributed by atoms with Crippen molar-refractivity contribution in [1.29, 1.82) is 0 Å². The summed E-state index contributed by atoms with van der Waals surface area (Å²) >= 11 is 0. The number of methoxy groups -OCH3 is 1. The van der Waals surface area contributed by atoms with Crippen LogP contribution in [0.5, 0.6) is 5.75 Å². The third-order valence-corrected chi connectivity index (χ3v) is 3.05. The predicted molar refractivity (Wildman–Crippen MR) is 77.7 cm³/mol. The molecule has 0 aliphatic carbocycles. The summed E-state index contributed by atoms with van der Waals surface area (Å²) in [5, 5.41) is 5.44. The summed E-state index contributed by atoms with van der Waals surface area (Å²) in [6, 6.07) is 9.77. The van der Waals surface area contributed by atoms with Gasteiger partial charge in [-0.15, -0.1) is 0 Å². The van der Waals surface area contributed by atoms with Crippen molar-refractivity contribution >= 4 is 16.6 Å². The fourth-order valence-corrected chi connectivity index (χ4v) is 2.02. The quantitative estimate of drug-likeness (QED) is 0.786. The van der Waals surface area contributed by atoms with Crippen molar-refractivity contribution in [1.82, 2.24) is 15.0 Å². The van der Waals surface area contributed by atoms with E-state index in [0.29, 0.717) is 6.54 Å². The second kappa shape index (κ2) is 5.52. The minimum atomic E-state index is 0.612. The van der Waals surface area contributed by atoms with Gasteiger partial charge in [-0.25, -0.2) is 15.0 Å². The Labute approximate surface area is 116 Å². The van der Waals surface area contributed by atoms with E-state index >= 15 is 0 Å². The van der Waals surface area contributed by atoms with Crippen molar-refractivity contribution in [3.05, 3.63) is 54.7 Å². The second-order valence-corrected chi connectivity index (χ2v) is 4.30. The number of fused-ring (bicyclic) bond motifs is 1. The van der Waals surface area contributed by atoms with Gasteiger partial charge in [-0.2, -0.15) is 0 Å². The summed E-state index contributed by atoms with van der Waals surface area (Å²) < 4.78 is 5.23. The molecule has 100 valence electrons. The van der Waals surface area contributed by atoms with Crippen LogP contribution in [0.4, 0.5) is 5.82 Å². The topological polar surface area (TPSA) is 59.9 Å². The molecule has 0 spiro atoms. The monoisotopic (exact) mass is 266 g/mol. The van der Waals surface area contributed by atoms with Crippen molar-refractivity contribution < 1.29 is 4.74 Å². The molecule has 0 aliphatic rings. The third kappa shape index (κ3) is 2.51. The molecule has 0 bridgehead atoms. The van der Waals surface area contributed by atoms with Crippen molar-refractivity contribution in [2.75, 3.05) is 12.4 Å². The van der Waals surface area contributed by atoms with E-state index in [9.17, 15) is 0 Å². The molecular formula is C15H14N4O. The van der Waals surface area contributed by atoms with E-state index in [2.05, 4.69) is 20.3 Å². The van der Waals surface area contributed by atoms with Crippen molar-refractivity contribution in [2.24, 2.45) is 0 Å². The highest BCUT2D eigenvalue weighted by Crippen LogP contribution is 2.25. The molecule has 2 heterocycles. The zero-order valence-corrected chi connectivity index (χ0v) is 11.1. The van der Waals surface area contributed by atoms with Gasteiger partial charge >= 0.3 is 0 Å². The summed E-state index contributed by atoms with van der Waals surface area (Å²) in [6.07, 6.45) is 5.05. The van der Waals surface area contributed by atoms with E-state index in [4.69, 9.17) is 4.74 Å². The predicted octanol–water partition coefficient (Wildman–Crippen LogP) is 2.65. The minimum absolute atomic E-state index is 0.612. The van der Waals surface area contributed by atoms with Crippen LogP contribution in [0.15, 0.2) is 49.1 Å². The van der Waals surface area contributed by atoms with Crippen LogP contribution in [0.3, 0.4) is 0 Å². The van der Waals surface area contributed by atoms with E-state index in [0.717, 1.165) is 28.0 Å². The molecule has 3 rings (SSSR count). The Morgan fingerprint density at radius 3 is 2.85 bits per heavy atom. The lowest BCUT2D eigenvalue weighted by Crippen LogP contribution is -2.03. The number of pyridine rings is 1. The number of nitrogens with zero attached hydrogens (tertiary/aromatic N) is 3. The largest absolute Gasteiger partial charge is 0.497 e. The number of ether oxygens (including phenoxy) is 1. The highest BCUT2D eigenvalue weighted by Gasteiger charge is 2.03. The third-order valence-electron chi connectivity index (χ3n) is 3.05. The van der Waals surface area contributed by atoms with E-state index in [-0.39, 0.29) is 0 Å². The fourth-order valence-electron chi connectivity index (χ4n) is 2.02. The maximum absolute atomic E-state index is 5.23.